The fourth-order valence-electron chi connectivity index (χ4n) is 2.61. The van der Waals surface area contributed by atoms with Crippen LogP contribution >= 0.6 is 0 Å². The van der Waals surface area contributed by atoms with Crippen LogP contribution in [0.3, 0.4) is 0 Å². The molecular formula is C17H23NO4. The van der Waals surface area contributed by atoms with Gasteiger partial charge in [-0.15, -0.1) is 0 Å². The van der Waals surface area contributed by atoms with Crippen molar-refractivity contribution in [2.24, 2.45) is 5.92 Å². The van der Waals surface area contributed by atoms with Crippen molar-refractivity contribution in [3.8, 4) is 5.75 Å². The smallest absolute Gasteiger partial charge is 0.309 e. The van der Waals surface area contributed by atoms with Gasteiger partial charge in [-0.1, -0.05) is 18.2 Å². The molecule has 1 atom stereocenters. The predicted octanol–water partition coefficient (Wildman–Crippen LogP) is 2.26. The summed E-state index contributed by atoms with van der Waals surface area (Å²) in [6, 6.07) is 9.31. The van der Waals surface area contributed by atoms with Crippen molar-refractivity contribution in [3.63, 3.8) is 0 Å². The number of piperidine rings is 1. The van der Waals surface area contributed by atoms with Crippen molar-refractivity contribution in [2.45, 2.75) is 32.8 Å². The van der Waals surface area contributed by atoms with Gasteiger partial charge in [0.15, 0.2) is 6.10 Å². The zero-order valence-corrected chi connectivity index (χ0v) is 13.2. The highest BCUT2D eigenvalue weighted by molar-refractivity contribution is 5.81. The predicted molar refractivity (Wildman–Crippen MR) is 82.5 cm³/mol. The van der Waals surface area contributed by atoms with Crippen LogP contribution in [-0.4, -0.2) is 42.6 Å². The third-order valence-electron chi connectivity index (χ3n) is 3.83. The number of hydrogen-bond donors (Lipinski definition) is 0. The molecule has 0 aliphatic carbocycles. The zero-order valence-electron chi connectivity index (χ0n) is 13.2. The van der Waals surface area contributed by atoms with Gasteiger partial charge in [0, 0.05) is 13.1 Å². The summed E-state index contributed by atoms with van der Waals surface area (Å²) in [6.45, 7) is 5.11. The minimum Gasteiger partial charge on any atom is -0.481 e. The molecule has 5 nitrogen and oxygen atoms in total. The molecule has 120 valence electrons. The van der Waals surface area contributed by atoms with Crippen molar-refractivity contribution in [2.75, 3.05) is 19.7 Å². The summed E-state index contributed by atoms with van der Waals surface area (Å²) in [5, 5.41) is 0. The number of carbonyl (C=O) groups excluding carboxylic acids is 2. The molecule has 22 heavy (non-hydrogen) atoms. The quantitative estimate of drug-likeness (QED) is 0.783. The maximum atomic E-state index is 12.4. The van der Waals surface area contributed by atoms with Gasteiger partial charge in [0.25, 0.3) is 5.91 Å². The Balaban J connectivity index is 1.83. The molecule has 1 aliphatic rings. The maximum absolute atomic E-state index is 12.4. The first-order valence-corrected chi connectivity index (χ1v) is 7.79. The second kappa shape index (κ2) is 7.82. The lowest BCUT2D eigenvalue weighted by molar-refractivity contribution is -0.152. The van der Waals surface area contributed by atoms with Gasteiger partial charge in [-0.25, -0.2) is 0 Å². The molecule has 1 aliphatic heterocycles. The first-order chi connectivity index (χ1) is 10.6. The Hall–Kier alpha value is -2.04. The second-order valence-corrected chi connectivity index (χ2v) is 5.42. The monoisotopic (exact) mass is 305 g/mol. The molecule has 1 aromatic carbocycles. The number of esters is 1. The largest absolute Gasteiger partial charge is 0.481 e. The Bertz CT molecular complexity index is 495. The Morgan fingerprint density at radius 2 is 1.86 bits per heavy atom. The average molecular weight is 305 g/mol. The molecule has 0 spiro atoms. The number of nitrogens with zero attached hydrogens (tertiary/aromatic N) is 1. The van der Waals surface area contributed by atoms with E-state index in [9.17, 15) is 9.59 Å². The number of ether oxygens (including phenoxy) is 2. The molecule has 0 N–H and O–H groups in total. The Kier molecular flexibility index (Phi) is 5.81. The van der Waals surface area contributed by atoms with E-state index in [1.807, 2.05) is 30.3 Å². The summed E-state index contributed by atoms with van der Waals surface area (Å²) in [6.07, 6.45) is 0.784. The van der Waals surface area contributed by atoms with E-state index in [1.54, 1.807) is 18.7 Å². The second-order valence-electron chi connectivity index (χ2n) is 5.42. The fraction of sp³-hybridized carbons (Fsp3) is 0.529. The summed E-state index contributed by atoms with van der Waals surface area (Å²) in [7, 11) is 0. The minimum absolute atomic E-state index is 0.0360. The van der Waals surface area contributed by atoms with Crippen LogP contribution in [0.1, 0.15) is 26.7 Å². The molecule has 1 amide bonds. The van der Waals surface area contributed by atoms with Gasteiger partial charge in [-0.3, -0.25) is 9.59 Å². The Labute approximate surface area is 131 Å². The third kappa shape index (κ3) is 4.23. The van der Waals surface area contributed by atoms with Crippen LogP contribution in [0.4, 0.5) is 0 Å². The molecular weight excluding hydrogens is 282 g/mol. The minimum atomic E-state index is -0.526. The van der Waals surface area contributed by atoms with Crippen LogP contribution in [0.5, 0.6) is 5.75 Å². The van der Waals surface area contributed by atoms with Gasteiger partial charge in [0.2, 0.25) is 0 Å². The average Bonchev–Trinajstić information content (AvgIpc) is 2.55. The van der Waals surface area contributed by atoms with E-state index in [-0.39, 0.29) is 17.8 Å². The molecule has 0 radical (unpaired) electrons. The molecule has 0 saturated carbocycles. The number of rotatable bonds is 5. The van der Waals surface area contributed by atoms with E-state index in [1.165, 1.54) is 0 Å². The zero-order chi connectivity index (χ0) is 15.9. The van der Waals surface area contributed by atoms with E-state index in [0.717, 1.165) is 0 Å². The van der Waals surface area contributed by atoms with Gasteiger partial charge >= 0.3 is 5.97 Å². The first kappa shape index (κ1) is 16.3. The number of carbonyl (C=O) groups is 2. The SMILES string of the molecule is CCOC(=O)C1CCN(C(=O)C(C)Oc2ccccc2)CC1. The lowest BCUT2D eigenvalue weighted by Crippen LogP contribution is -2.45. The number of hydrogen-bond acceptors (Lipinski definition) is 4. The van der Waals surface area contributed by atoms with Gasteiger partial charge < -0.3 is 14.4 Å². The van der Waals surface area contributed by atoms with Crippen molar-refractivity contribution >= 4 is 11.9 Å². The molecule has 1 heterocycles. The van der Waals surface area contributed by atoms with Crippen LogP contribution in [0, 0.1) is 5.92 Å². The summed E-state index contributed by atoms with van der Waals surface area (Å²) in [5.74, 6) is 0.411. The molecule has 5 heteroatoms. The lowest BCUT2D eigenvalue weighted by Gasteiger charge is -2.32. The van der Waals surface area contributed by atoms with Crippen LogP contribution in [0.15, 0.2) is 30.3 Å². The summed E-state index contributed by atoms with van der Waals surface area (Å²) < 4.78 is 10.7. The van der Waals surface area contributed by atoms with E-state index in [0.29, 0.717) is 38.3 Å². The molecule has 1 fully saturated rings. The fourth-order valence-corrected chi connectivity index (χ4v) is 2.61. The van der Waals surface area contributed by atoms with Gasteiger partial charge in [-0.2, -0.15) is 0 Å². The van der Waals surface area contributed by atoms with E-state index in [2.05, 4.69) is 0 Å². The number of likely N-dealkylation sites (tertiary alicyclic amines) is 1. The highest BCUT2D eigenvalue weighted by Crippen LogP contribution is 2.20. The molecule has 1 unspecified atom stereocenters. The highest BCUT2D eigenvalue weighted by atomic mass is 16.5. The van der Waals surface area contributed by atoms with E-state index < -0.39 is 6.10 Å². The topological polar surface area (TPSA) is 55.8 Å². The third-order valence-corrected chi connectivity index (χ3v) is 3.83. The molecule has 0 bridgehead atoms. The van der Waals surface area contributed by atoms with Gasteiger partial charge in [0.1, 0.15) is 5.75 Å². The van der Waals surface area contributed by atoms with Crippen molar-refractivity contribution in [3.05, 3.63) is 30.3 Å². The maximum Gasteiger partial charge on any atom is 0.309 e. The van der Waals surface area contributed by atoms with Crippen molar-refractivity contribution in [1.82, 2.24) is 4.90 Å². The number of amides is 1. The number of para-hydroxylation sites is 1. The molecule has 2 rings (SSSR count). The lowest BCUT2D eigenvalue weighted by atomic mass is 9.97. The van der Waals surface area contributed by atoms with Crippen LogP contribution in [0.2, 0.25) is 0 Å². The van der Waals surface area contributed by atoms with Crippen molar-refractivity contribution < 1.29 is 19.1 Å². The molecule has 0 aromatic heterocycles. The van der Waals surface area contributed by atoms with Crippen LogP contribution < -0.4 is 4.74 Å². The Morgan fingerprint density at radius 3 is 2.45 bits per heavy atom. The summed E-state index contributed by atoms with van der Waals surface area (Å²) in [4.78, 5) is 25.9. The summed E-state index contributed by atoms with van der Waals surface area (Å²) in [5.41, 5.74) is 0. The first-order valence-electron chi connectivity index (χ1n) is 7.79. The van der Waals surface area contributed by atoms with Gasteiger partial charge in [-0.05, 0) is 38.8 Å². The standard InChI is InChI=1S/C17H23NO4/c1-3-21-17(20)14-9-11-18(12-10-14)16(19)13(2)22-15-7-5-4-6-8-15/h4-8,13-14H,3,9-12H2,1-2H3. The molecule has 1 aromatic rings. The number of benzene rings is 1. The normalized spacial score (nSPS) is 16.9. The van der Waals surface area contributed by atoms with E-state index in [4.69, 9.17) is 9.47 Å². The summed E-state index contributed by atoms with van der Waals surface area (Å²) >= 11 is 0. The van der Waals surface area contributed by atoms with Gasteiger partial charge in [0.05, 0.1) is 12.5 Å². The highest BCUT2D eigenvalue weighted by Gasteiger charge is 2.30. The molecule has 1 saturated heterocycles. The van der Waals surface area contributed by atoms with Crippen LogP contribution in [-0.2, 0) is 14.3 Å². The van der Waals surface area contributed by atoms with E-state index >= 15 is 0 Å². The Morgan fingerprint density at radius 1 is 1.23 bits per heavy atom. The van der Waals surface area contributed by atoms with Crippen molar-refractivity contribution in [1.29, 1.82) is 0 Å². The van der Waals surface area contributed by atoms with Crippen LogP contribution in [0.25, 0.3) is 0 Å².